The van der Waals surface area contributed by atoms with Gasteiger partial charge < -0.3 is 5.32 Å². The lowest BCUT2D eigenvalue weighted by Crippen LogP contribution is -2.33. The Morgan fingerprint density at radius 3 is 2.86 bits per heavy atom. The van der Waals surface area contributed by atoms with Gasteiger partial charge in [0, 0.05) is 34.9 Å². The minimum absolute atomic E-state index is 0.561. The monoisotopic (exact) mass is 308 g/mol. The summed E-state index contributed by atoms with van der Waals surface area (Å²) in [5.41, 5.74) is 1.56. The van der Waals surface area contributed by atoms with Crippen molar-refractivity contribution in [3.63, 3.8) is 0 Å². The third kappa shape index (κ3) is 5.08. The highest BCUT2D eigenvalue weighted by molar-refractivity contribution is 7.12. The lowest BCUT2D eigenvalue weighted by molar-refractivity contribution is 0.186. The van der Waals surface area contributed by atoms with Crippen molar-refractivity contribution in [2.24, 2.45) is 0 Å². The fraction of sp³-hybridized carbons (Fsp3) is 0.778. The number of rotatable bonds is 6. The molecule has 120 valence electrons. The van der Waals surface area contributed by atoms with Crippen LogP contribution in [-0.4, -0.2) is 23.5 Å². The molecule has 0 spiro atoms. The quantitative estimate of drug-likeness (QED) is 0.819. The predicted octanol–water partition coefficient (Wildman–Crippen LogP) is 4.71. The summed E-state index contributed by atoms with van der Waals surface area (Å²) < 4.78 is 0. The summed E-state index contributed by atoms with van der Waals surface area (Å²) in [5, 5.41) is 3.53. The number of likely N-dealkylation sites (tertiary alicyclic amines) is 1. The van der Waals surface area contributed by atoms with E-state index in [1.165, 1.54) is 48.4 Å². The maximum atomic E-state index is 3.53. The van der Waals surface area contributed by atoms with Gasteiger partial charge in [0.2, 0.25) is 0 Å². The van der Waals surface area contributed by atoms with Gasteiger partial charge in [-0.15, -0.1) is 11.3 Å². The molecule has 1 N–H and O–H groups in total. The van der Waals surface area contributed by atoms with Crippen molar-refractivity contribution in [2.75, 3.05) is 6.54 Å². The van der Waals surface area contributed by atoms with Gasteiger partial charge in [-0.3, -0.25) is 4.90 Å². The van der Waals surface area contributed by atoms with E-state index < -0.39 is 0 Å². The van der Waals surface area contributed by atoms with Crippen LogP contribution in [0.4, 0.5) is 0 Å². The zero-order chi connectivity index (χ0) is 15.2. The molecule has 0 saturated carbocycles. The first-order chi connectivity index (χ1) is 10.1. The SMILES string of the molecule is CCC1CCCCCN1Cc1cc(CNC(C)C)sc1C. The van der Waals surface area contributed by atoms with E-state index in [0.29, 0.717) is 6.04 Å². The van der Waals surface area contributed by atoms with E-state index >= 15 is 0 Å². The molecule has 1 aromatic rings. The molecule has 0 aromatic carbocycles. The maximum Gasteiger partial charge on any atom is 0.0302 e. The van der Waals surface area contributed by atoms with Crippen LogP contribution < -0.4 is 5.32 Å². The molecule has 1 unspecified atom stereocenters. The van der Waals surface area contributed by atoms with Crippen molar-refractivity contribution in [3.8, 4) is 0 Å². The summed E-state index contributed by atoms with van der Waals surface area (Å²) >= 11 is 1.97. The van der Waals surface area contributed by atoms with Gasteiger partial charge >= 0.3 is 0 Å². The molecule has 3 heteroatoms. The number of hydrogen-bond acceptors (Lipinski definition) is 3. The molecule has 21 heavy (non-hydrogen) atoms. The maximum absolute atomic E-state index is 3.53. The van der Waals surface area contributed by atoms with Crippen molar-refractivity contribution in [1.29, 1.82) is 0 Å². The number of nitrogens with zero attached hydrogens (tertiary/aromatic N) is 1. The molecule has 0 amide bonds. The first-order valence-electron chi connectivity index (χ1n) is 8.65. The normalized spacial score (nSPS) is 20.9. The Bertz CT molecular complexity index is 425. The van der Waals surface area contributed by atoms with Crippen molar-refractivity contribution >= 4 is 11.3 Å². The molecule has 2 rings (SSSR count). The average Bonchev–Trinajstić information content (AvgIpc) is 2.66. The molecule has 0 radical (unpaired) electrons. The lowest BCUT2D eigenvalue weighted by Gasteiger charge is -2.29. The fourth-order valence-electron chi connectivity index (χ4n) is 3.26. The van der Waals surface area contributed by atoms with Crippen LogP contribution >= 0.6 is 11.3 Å². The molecule has 1 fully saturated rings. The molecule has 0 bridgehead atoms. The Morgan fingerprint density at radius 1 is 1.33 bits per heavy atom. The van der Waals surface area contributed by atoms with Gasteiger partial charge in [-0.25, -0.2) is 0 Å². The van der Waals surface area contributed by atoms with Gasteiger partial charge in [0.15, 0.2) is 0 Å². The molecule has 1 aliphatic rings. The predicted molar refractivity (Wildman–Crippen MR) is 94.0 cm³/mol. The van der Waals surface area contributed by atoms with Gasteiger partial charge in [-0.2, -0.15) is 0 Å². The minimum atomic E-state index is 0.561. The third-order valence-electron chi connectivity index (χ3n) is 4.60. The van der Waals surface area contributed by atoms with Gasteiger partial charge in [-0.05, 0) is 44.4 Å². The second kappa shape index (κ2) is 8.30. The zero-order valence-corrected chi connectivity index (χ0v) is 15.1. The Kier molecular flexibility index (Phi) is 6.72. The first-order valence-corrected chi connectivity index (χ1v) is 9.47. The average molecular weight is 309 g/mol. The van der Waals surface area contributed by atoms with E-state index in [1.54, 1.807) is 5.56 Å². The number of thiophene rings is 1. The van der Waals surface area contributed by atoms with Crippen LogP contribution in [0, 0.1) is 6.92 Å². The summed E-state index contributed by atoms with van der Waals surface area (Å²) in [6.45, 7) is 12.5. The molecule has 2 heterocycles. The Balaban J connectivity index is 2.00. The van der Waals surface area contributed by atoms with Crippen LogP contribution in [0.3, 0.4) is 0 Å². The minimum Gasteiger partial charge on any atom is -0.310 e. The summed E-state index contributed by atoms with van der Waals surface area (Å²) in [5.74, 6) is 0. The van der Waals surface area contributed by atoms with Crippen LogP contribution in [0.5, 0.6) is 0 Å². The van der Waals surface area contributed by atoms with E-state index in [4.69, 9.17) is 0 Å². The largest absolute Gasteiger partial charge is 0.310 e. The molecule has 0 aliphatic carbocycles. The summed E-state index contributed by atoms with van der Waals surface area (Å²) in [7, 11) is 0. The van der Waals surface area contributed by atoms with Gasteiger partial charge in [0.05, 0.1) is 0 Å². The van der Waals surface area contributed by atoms with Crippen LogP contribution in [0.15, 0.2) is 6.07 Å². The molecular formula is C18H32N2S. The van der Waals surface area contributed by atoms with E-state index in [9.17, 15) is 0 Å². The Morgan fingerprint density at radius 2 is 2.14 bits per heavy atom. The molecule has 1 atom stereocenters. The van der Waals surface area contributed by atoms with Gasteiger partial charge in [0.25, 0.3) is 0 Å². The fourth-order valence-corrected chi connectivity index (χ4v) is 4.27. The summed E-state index contributed by atoms with van der Waals surface area (Å²) in [4.78, 5) is 5.73. The van der Waals surface area contributed by atoms with Crippen LogP contribution in [0.25, 0.3) is 0 Å². The lowest BCUT2D eigenvalue weighted by atomic mass is 10.1. The second-order valence-electron chi connectivity index (χ2n) is 6.71. The topological polar surface area (TPSA) is 15.3 Å². The molecule has 2 nitrogen and oxygen atoms in total. The number of hydrogen-bond donors (Lipinski definition) is 1. The van der Waals surface area contributed by atoms with Gasteiger partial charge in [-0.1, -0.05) is 33.6 Å². The highest BCUT2D eigenvalue weighted by Crippen LogP contribution is 2.26. The van der Waals surface area contributed by atoms with Crippen molar-refractivity contribution < 1.29 is 0 Å². The molecule has 1 saturated heterocycles. The van der Waals surface area contributed by atoms with Crippen LogP contribution in [0.2, 0.25) is 0 Å². The highest BCUT2D eigenvalue weighted by atomic mass is 32.1. The van der Waals surface area contributed by atoms with Crippen LogP contribution in [0.1, 0.15) is 68.2 Å². The summed E-state index contributed by atoms with van der Waals surface area (Å²) in [6, 6.07) is 3.79. The van der Waals surface area contributed by atoms with Gasteiger partial charge in [0.1, 0.15) is 0 Å². The zero-order valence-electron chi connectivity index (χ0n) is 14.2. The van der Waals surface area contributed by atoms with Crippen molar-refractivity contribution in [1.82, 2.24) is 10.2 Å². The Hall–Kier alpha value is -0.380. The highest BCUT2D eigenvalue weighted by Gasteiger charge is 2.20. The smallest absolute Gasteiger partial charge is 0.0302 e. The van der Waals surface area contributed by atoms with E-state index in [0.717, 1.165) is 19.1 Å². The third-order valence-corrected chi connectivity index (χ3v) is 5.69. The standard InChI is InChI=1S/C18H32N2S/c1-5-17-9-7-6-8-10-20(17)13-16-11-18(21-15(16)4)12-19-14(2)3/h11,14,17,19H,5-10,12-13H2,1-4H3. The number of nitrogens with one attached hydrogen (secondary N) is 1. The molecular weight excluding hydrogens is 276 g/mol. The molecule has 1 aliphatic heterocycles. The first kappa shape index (κ1) is 17.0. The second-order valence-corrected chi connectivity index (χ2v) is 8.05. The van der Waals surface area contributed by atoms with Crippen molar-refractivity contribution in [2.45, 2.75) is 85.0 Å². The van der Waals surface area contributed by atoms with E-state index in [-0.39, 0.29) is 0 Å². The van der Waals surface area contributed by atoms with Crippen LogP contribution in [-0.2, 0) is 13.1 Å². The Labute approximate surface area is 134 Å². The van der Waals surface area contributed by atoms with E-state index in [2.05, 4.69) is 44.0 Å². The molecule has 1 aromatic heterocycles. The summed E-state index contributed by atoms with van der Waals surface area (Å²) in [6.07, 6.45) is 6.90. The van der Waals surface area contributed by atoms with Crippen molar-refractivity contribution in [3.05, 3.63) is 21.4 Å². The van der Waals surface area contributed by atoms with E-state index in [1.807, 2.05) is 11.3 Å². The number of aryl methyl sites for hydroxylation is 1.